The third kappa shape index (κ3) is 3.56. The van der Waals surface area contributed by atoms with Gasteiger partial charge in [0.15, 0.2) is 5.76 Å². The second-order valence-electron chi connectivity index (χ2n) is 6.67. The molecule has 0 aliphatic carbocycles. The average molecular weight is 334 g/mol. The number of rotatable bonds is 4. The van der Waals surface area contributed by atoms with E-state index in [1.165, 1.54) is 16.7 Å². The van der Waals surface area contributed by atoms with Crippen molar-refractivity contribution in [2.75, 3.05) is 13.1 Å². The molecule has 128 valence electrons. The van der Waals surface area contributed by atoms with Gasteiger partial charge in [0.1, 0.15) is 5.69 Å². The molecule has 2 aromatic heterocycles. The zero-order chi connectivity index (χ0) is 17.2. The van der Waals surface area contributed by atoms with E-state index in [2.05, 4.69) is 52.4 Å². The molecule has 5 nitrogen and oxygen atoms in total. The third-order valence-corrected chi connectivity index (χ3v) is 4.62. The van der Waals surface area contributed by atoms with Gasteiger partial charge in [0.25, 0.3) is 0 Å². The van der Waals surface area contributed by atoms with Crippen LogP contribution in [0.3, 0.4) is 0 Å². The van der Waals surface area contributed by atoms with Crippen molar-refractivity contribution in [3.05, 3.63) is 65.7 Å². The zero-order valence-corrected chi connectivity index (χ0v) is 14.6. The lowest BCUT2D eigenvalue weighted by atomic mass is 9.98. The Morgan fingerprint density at radius 2 is 2.12 bits per heavy atom. The standard InChI is InChI=1S/C20H22N4O/c1-15-4-3-5-17(10-15)16-6-8-24(9-7-16)14-19-11-20(22-25-19)18-12-21-23(2)13-18/h3-6,10-13H,7-9,14H2,1-2H3. The Bertz CT molecular complexity index is 906. The monoisotopic (exact) mass is 334 g/mol. The van der Waals surface area contributed by atoms with Crippen LogP contribution in [0.25, 0.3) is 16.8 Å². The highest BCUT2D eigenvalue weighted by Crippen LogP contribution is 2.25. The summed E-state index contributed by atoms with van der Waals surface area (Å²) in [5.74, 6) is 0.895. The maximum absolute atomic E-state index is 5.51. The Hall–Kier alpha value is -2.66. The lowest BCUT2D eigenvalue weighted by Crippen LogP contribution is -2.27. The molecule has 0 bridgehead atoms. The topological polar surface area (TPSA) is 47.1 Å². The molecular weight excluding hydrogens is 312 g/mol. The van der Waals surface area contributed by atoms with Gasteiger partial charge in [-0.05, 0) is 24.5 Å². The lowest BCUT2D eigenvalue weighted by molar-refractivity contribution is 0.251. The van der Waals surface area contributed by atoms with Crippen molar-refractivity contribution < 1.29 is 4.52 Å². The van der Waals surface area contributed by atoms with Crippen molar-refractivity contribution in [3.8, 4) is 11.3 Å². The van der Waals surface area contributed by atoms with Crippen LogP contribution in [0.4, 0.5) is 0 Å². The van der Waals surface area contributed by atoms with Gasteiger partial charge in [-0.3, -0.25) is 9.58 Å². The highest BCUT2D eigenvalue weighted by Gasteiger charge is 2.16. The van der Waals surface area contributed by atoms with E-state index in [1.807, 2.05) is 19.3 Å². The average Bonchev–Trinajstić information content (AvgIpc) is 3.24. The van der Waals surface area contributed by atoms with E-state index in [0.29, 0.717) is 0 Å². The Labute approximate surface area is 147 Å². The first-order chi connectivity index (χ1) is 12.2. The van der Waals surface area contributed by atoms with Crippen LogP contribution in [0.2, 0.25) is 0 Å². The van der Waals surface area contributed by atoms with Crippen molar-refractivity contribution in [3.63, 3.8) is 0 Å². The molecule has 0 amide bonds. The fraction of sp³-hybridized carbons (Fsp3) is 0.300. The fourth-order valence-electron chi connectivity index (χ4n) is 3.26. The maximum atomic E-state index is 5.51. The number of benzene rings is 1. The van der Waals surface area contributed by atoms with E-state index in [-0.39, 0.29) is 0 Å². The van der Waals surface area contributed by atoms with Crippen LogP contribution < -0.4 is 0 Å². The largest absolute Gasteiger partial charge is 0.359 e. The smallest absolute Gasteiger partial charge is 0.151 e. The third-order valence-electron chi connectivity index (χ3n) is 4.62. The molecule has 0 N–H and O–H groups in total. The van der Waals surface area contributed by atoms with Crippen molar-refractivity contribution in [1.29, 1.82) is 0 Å². The number of hydrogen-bond acceptors (Lipinski definition) is 4. The van der Waals surface area contributed by atoms with Crippen molar-refractivity contribution in [1.82, 2.24) is 19.8 Å². The Kier molecular flexibility index (Phi) is 4.24. The van der Waals surface area contributed by atoms with Gasteiger partial charge >= 0.3 is 0 Å². The van der Waals surface area contributed by atoms with Crippen molar-refractivity contribution in [2.45, 2.75) is 19.9 Å². The number of aryl methyl sites for hydroxylation is 2. The van der Waals surface area contributed by atoms with Crippen LogP contribution in [-0.4, -0.2) is 32.9 Å². The second-order valence-corrected chi connectivity index (χ2v) is 6.67. The molecule has 0 saturated heterocycles. The van der Waals surface area contributed by atoms with Gasteiger partial charge in [0.2, 0.25) is 0 Å². The molecular formula is C20H22N4O. The molecule has 0 fully saturated rings. The SMILES string of the molecule is Cc1cccc(C2=CCN(Cc3cc(-c4cnn(C)c4)no3)CC2)c1. The Morgan fingerprint density at radius 3 is 2.84 bits per heavy atom. The predicted octanol–water partition coefficient (Wildman–Crippen LogP) is 3.67. The van der Waals surface area contributed by atoms with E-state index in [1.54, 1.807) is 10.9 Å². The zero-order valence-electron chi connectivity index (χ0n) is 14.6. The van der Waals surface area contributed by atoms with Gasteiger partial charge in [-0.25, -0.2) is 0 Å². The molecule has 1 aromatic carbocycles. The summed E-state index contributed by atoms with van der Waals surface area (Å²) in [5.41, 5.74) is 5.92. The van der Waals surface area contributed by atoms with E-state index < -0.39 is 0 Å². The summed E-state index contributed by atoms with van der Waals surface area (Å²) in [6.45, 7) is 4.89. The van der Waals surface area contributed by atoms with Gasteiger partial charge in [-0.1, -0.05) is 41.1 Å². The van der Waals surface area contributed by atoms with E-state index in [0.717, 1.165) is 43.1 Å². The molecule has 4 rings (SSSR count). The highest BCUT2D eigenvalue weighted by atomic mass is 16.5. The number of hydrogen-bond donors (Lipinski definition) is 0. The van der Waals surface area contributed by atoms with Gasteiger partial charge in [0, 0.05) is 38.0 Å². The highest BCUT2D eigenvalue weighted by molar-refractivity contribution is 5.67. The first-order valence-electron chi connectivity index (χ1n) is 8.60. The van der Waals surface area contributed by atoms with E-state index in [4.69, 9.17) is 4.52 Å². The van der Waals surface area contributed by atoms with Crippen LogP contribution in [-0.2, 0) is 13.6 Å². The van der Waals surface area contributed by atoms with Crippen molar-refractivity contribution >= 4 is 5.57 Å². The normalized spacial score (nSPS) is 15.4. The first-order valence-corrected chi connectivity index (χ1v) is 8.60. The molecule has 0 radical (unpaired) electrons. The van der Waals surface area contributed by atoms with Crippen LogP contribution in [0, 0.1) is 6.92 Å². The number of aromatic nitrogens is 3. The summed E-state index contributed by atoms with van der Waals surface area (Å²) in [7, 11) is 1.90. The maximum Gasteiger partial charge on any atom is 0.151 e. The van der Waals surface area contributed by atoms with Crippen LogP contribution in [0.15, 0.2) is 53.3 Å². The van der Waals surface area contributed by atoms with Gasteiger partial charge in [-0.2, -0.15) is 5.10 Å². The second kappa shape index (κ2) is 6.69. The summed E-state index contributed by atoms with van der Waals surface area (Å²) >= 11 is 0. The van der Waals surface area contributed by atoms with Gasteiger partial charge in [0.05, 0.1) is 12.7 Å². The minimum atomic E-state index is 0.783. The van der Waals surface area contributed by atoms with Crippen LogP contribution in [0.5, 0.6) is 0 Å². The summed E-state index contributed by atoms with van der Waals surface area (Å²) < 4.78 is 7.28. The molecule has 0 spiro atoms. The molecule has 0 atom stereocenters. The molecule has 3 aromatic rings. The first kappa shape index (κ1) is 15.8. The summed E-state index contributed by atoms with van der Waals surface area (Å²) in [6, 6.07) is 10.7. The minimum absolute atomic E-state index is 0.783. The molecule has 0 unspecified atom stereocenters. The summed E-state index contributed by atoms with van der Waals surface area (Å²) in [4.78, 5) is 2.38. The lowest BCUT2D eigenvalue weighted by Gasteiger charge is -2.25. The molecule has 1 aliphatic rings. The molecule has 5 heteroatoms. The Morgan fingerprint density at radius 1 is 1.20 bits per heavy atom. The summed E-state index contributed by atoms with van der Waals surface area (Å²) in [6.07, 6.45) is 7.14. The van der Waals surface area contributed by atoms with E-state index >= 15 is 0 Å². The van der Waals surface area contributed by atoms with Crippen LogP contribution >= 0.6 is 0 Å². The van der Waals surface area contributed by atoms with Crippen LogP contribution in [0.1, 0.15) is 23.3 Å². The Balaban J connectivity index is 1.41. The molecule has 1 aliphatic heterocycles. The number of nitrogens with zero attached hydrogens (tertiary/aromatic N) is 4. The van der Waals surface area contributed by atoms with E-state index in [9.17, 15) is 0 Å². The molecule has 25 heavy (non-hydrogen) atoms. The van der Waals surface area contributed by atoms with Crippen molar-refractivity contribution in [2.24, 2.45) is 7.05 Å². The molecule has 0 saturated carbocycles. The van der Waals surface area contributed by atoms with Gasteiger partial charge < -0.3 is 4.52 Å². The van der Waals surface area contributed by atoms with Gasteiger partial charge in [-0.15, -0.1) is 0 Å². The quantitative estimate of drug-likeness (QED) is 0.730. The minimum Gasteiger partial charge on any atom is -0.359 e. The summed E-state index contributed by atoms with van der Waals surface area (Å²) in [5, 5.41) is 8.35. The fourth-order valence-corrected chi connectivity index (χ4v) is 3.26. The molecule has 3 heterocycles. The predicted molar refractivity (Wildman–Crippen MR) is 97.8 cm³/mol.